The van der Waals surface area contributed by atoms with Crippen molar-refractivity contribution in [2.75, 3.05) is 46.2 Å². The van der Waals surface area contributed by atoms with Crippen LogP contribution in [0.2, 0.25) is 0 Å². The smallest absolute Gasteiger partial charge is 0.437 e. The van der Waals surface area contributed by atoms with Crippen LogP contribution in [-0.2, 0) is 81.0 Å². The molecule has 0 aromatic rings. The SMILES string of the molecule is C=C(OCC(F)(F)C(=O)OCCOC(=O)C(C)(C)CC)C12CC3CC(CC(C3)C1)C2.CCC(C)(C)C(=O)OCCOC(=O)C(F)(F)C(=O)OC12CC3CC(CC(C3)C1)C2.CCC(C)(C)C(=O)OCCOC(=O)C(F)(F)CC(F)(F)OC(=O)C12CC3CC(CC(C3)C1)C2. The summed E-state index contributed by atoms with van der Waals surface area (Å²) in [5.41, 5.74) is -4.29. The van der Waals surface area contributed by atoms with Gasteiger partial charge in [-0.25, -0.2) is 19.2 Å². The van der Waals surface area contributed by atoms with Gasteiger partial charge in [0.05, 0.1) is 27.4 Å². The first kappa shape index (κ1) is 74.1. The average molecular weight is 1330 g/mol. The highest BCUT2D eigenvalue weighted by atomic mass is 19.3. The van der Waals surface area contributed by atoms with Crippen LogP contribution in [0.25, 0.3) is 0 Å². The van der Waals surface area contributed by atoms with E-state index in [0.717, 1.165) is 57.8 Å². The van der Waals surface area contributed by atoms with Crippen LogP contribution < -0.4 is 0 Å². The van der Waals surface area contributed by atoms with Gasteiger partial charge in [0.25, 0.3) is 0 Å². The third kappa shape index (κ3) is 18.0. The summed E-state index contributed by atoms with van der Waals surface area (Å²) in [5.74, 6) is -18.7. The number of hydrogen-bond donors (Lipinski definition) is 0. The fraction of sp³-hybridized carbons (Fsp3) is 0.851. The molecule has 0 heterocycles. The minimum absolute atomic E-state index is 0.213. The second-order valence-electron chi connectivity index (χ2n) is 30.3. The van der Waals surface area contributed by atoms with Gasteiger partial charge in [0.1, 0.15) is 51.7 Å². The normalized spacial score (nSPS) is 29.9. The van der Waals surface area contributed by atoms with Crippen molar-refractivity contribution in [3.8, 4) is 0 Å². The number of alkyl halides is 8. The highest BCUT2D eigenvalue weighted by molar-refractivity contribution is 6.01. The number of carbonyl (C=O) groups is 8. The second-order valence-corrected chi connectivity index (χ2v) is 30.3. The Bertz CT molecular complexity index is 2600. The molecule has 522 valence electrons. The molecular weight excluding hydrogens is 1230 g/mol. The van der Waals surface area contributed by atoms with E-state index in [9.17, 15) is 73.5 Å². The number of halogens is 8. The summed E-state index contributed by atoms with van der Waals surface area (Å²) >= 11 is 0. The van der Waals surface area contributed by atoms with Crippen molar-refractivity contribution in [2.24, 2.45) is 80.3 Å². The summed E-state index contributed by atoms with van der Waals surface area (Å²) in [7, 11) is 0. The van der Waals surface area contributed by atoms with Crippen molar-refractivity contribution >= 4 is 47.8 Å². The molecule has 0 aromatic heterocycles. The molecule has 0 aliphatic heterocycles. The van der Waals surface area contributed by atoms with Crippen molar-refractivity contribution in [1.82, 2.24) is 0 Å². The van der Waals surface area contributed by atoms with Gasteiger partial charge in [-0.2, -0.15) is 35.1 Å². The lowest BCUT2D eigenvalue weighted by Gasteiger charge is -2.56. The van der Waals surface area contributed by atoms with Gasteiger partial charge >= 0.3 is 71.6 Å². The minimum Gasteiger partial charge on any atom is -0.491 e. The van der Waals surface area contributed by atoms with Crippen LogP contribution in [0.5, 0.6) is 0 Å². The molecule has 17 nitrogen and oxygen atoms in total. The van der Waals surface area contributed by atoms with E-state index in [4.69, 9.17) is 23.7 Å². The third-order valence-electron chi connectivity index (χ3n) is 21.6. The van der Waals surface area contributed by atoms with E-state index >= 15 is 0 Å². The number of hydrogen-bond acceptors (Lipinski definition) is 17. The van der Waals surface area contributed by atoms with Crippen LogP contribution in [-0.4, -0.2) is 123 Å². The molecule has 0 spiro atoms. The Labute approximate surface area is 534 Å². The van der Waals surface area contributed by atoms with E-state index in [-0.39, 0.29) is 36.4 Å². The molecule has 12 rings (SSSR count). The molecule has 0 amide bonds. The third-order valence-corrected chi connectivity index (χ3v) is 21.6. The summed E-state index contributed by atoms with van der Waals surface area (Å²) in [6.07, 6.45) is 10.6. The molecule has 12 bridgehead atoms. The first-order valence-corrected chi connectivity index (χ1v) is 33.0. The van der Waals surface area contributed by atoms with E-state index in [1.54, 1.807) is 48.5 Å². The Kier molecular flexibility index (Phi) is 23.0. The lowest BCUT2D eigenvalue weighted by atomic mass is 9.49. The second kappa shape index (κ2) is 28.6. The predicted octanol–water partition coefficient (Wildman–Crippen LogP) is 13.4. The van der Waals surface area contributed by atoms with E-state index in [1.807, 2.05) is 13.8 Å². The number of ether oxygens (including phenoxy) is 9. The number of allylic oxidation sites excluding steroid dienone is 1. The summed E-state index contributed by atoms with van der Waals surface area (Å²) in [6, 6.07) is 0. The largest absolute Gasteiger partial charge is 0.491 e. The molecular formula is C67H96F8O17. The average Bonchev–Trinajstić information content (AvgIpc) is 0.760. The molecule has 12 aliphatic carbocycles. The van der Waals surface area contributed by atoms with Crippen LogP contribution in [0.1, 0.15) is 204 Å². The highest BCUT2D eigenvalue weighted by Crippen LogP contribution is 2.64. The van der Waals surface area contributed by atoms with E-state index in [1.165, 1.54) is 19.3 Å². The molecule has 12 fully saturated rings. The van der Waals surface area contributed by atoms with Gasteiger partial charge in [0.15, 0.2) is 6.61 Å². The molecule has 92 heavy (non-hydrogen) atoms. The number of carbonyl (C=O) groups excluding carboxylic acids is 8. The molecule has 25 heteroatoms. The zero-order valence-electron chi connectivity index (χ0n) is 54.9. The molecule has 0 atom stereocenters. The van der Waals surface area contributed by atoms with Gasteiger partial charge in [-0.3, -0.25) is 19.2 Å². The maximum atomic E-state index is 14.3. The lowest BCUT2D eigenvalue weighted by molar-refractivity contribution is -0.271. The van der Waals surface area contributed by atoms with Crippen molar-refractivity contribution in [2.45, 2.75) is 233 Å². The predicted molar refractivity (Wildman–Crippen MR) is 312 cm³/mol. The summed E-state index contributed by atoms with van der Waals surface area (Å²) < 4.78 is 157. The Morgan fingerprint density at radius 2 is 0.663 bits per heavy atom. The van der Waals surface area contributed by atoms with E-state index in [0.29, 0.717) is 99.1 Å². The van der Waals surface area contributed by atoms with E-state index < -0.39 is 138 Å². The first-order valence-electron chi connectivity index (χ1n) is 33.0. The van der Waals surface area contributed by atoms with Gasteiger partial charge in [0, 0.05) is 5.41 Å². The Morgan fingerprint density at radius 3 is 0.989 bits per heavy atom. The highest BCUT2D eigenvalue weighted by Gasteiger charge is 2.61. The topological polar surface area (TPSA) is 220 Å². The van der Waals surface area contributed by atoms with Crippen LogP contribution in [0.3, 0.4) is 0 Å². The first-order chi connectivity index (χ1) is 42.6. The standard InChI is InChI=1S/C23H32F4O6.C23H34F2O5.C21H30F2O6/c1-4-20(2,3)17(28)31-5-6-32-19(30)22(24,25)13-23(26,27)33-18(29)21-10-14-7-15(11-21)9-16(8-14)12-21;1-5-21(3,4)19(26)28-6-7-29-20(27)23(24,25)14-30-15(2)22-11-16-8-17(12-22)10-18(9-16)13-22;1-4-19(2,3)16(24)27-5-6-28-17(25)21(22,23)18(26)29-20-10-13-7-14(11-20)9-15(8-13)12-20/h14-16H,4-13H2,1-3H3;16-18H,2,5-14H2,1,3-4H3;13-15H,4-12H2,1-3H3. The van der Waals surface area contributed by atoms with Gasteiger partial charge in [-0.1, -0.05) is 27.4 Å². The molecule has 0 saturated heterocycles. The Hall–Kier alpha value is -5.26. The van der Waals surface area contributed by atoms with Crippen molar-refractivity contribution in [3.63, 3.8) is 0 Å². The number of rotatable bonds is 28. The van der Waals surface area contributed by atoms with Gasteiger partial charge in [0.2, 0.25) is 0 Å². The number of esters is 8. The van der Waals surface area contributed by atoms with Crippen LogP contribution in [0.15, 0.2) is 12.3 Å². The van der Waals surface area contributed by atoms with Crippen molar-refractivity contribution in [3.05, 3.63) is 12.3 Å². The molecule has 0 radical (unpaired) electrons. The van der Waals surface area contributed by atoms with Crippen LogP contribution in [0.4, 0.5) is 35.1 Å². The van der Waals surface area contributed by atoms with Gasteiger partial charge < -0.3 is 42.6 Å². The fourth-order valence-corrected chi connectivity index (χ4v) is 16.4. The quantitative estimate of drug-likeness (QED) is 0.0177. The maximum Gasteiger partial charge on any atom is 0.437 e. The van der Waals surface area contributed by atoms with Gasteiger partial charge in [-0.05, 0) is 230 Å². The Morgan fingerprint density at radius 1 is 0.380 bits per heavy atom. The fourth-order valence-electron chi connectivity index (χ4n) is 16.4. The van der Waals surface area contributed by atoms with Crippen molar-refractivity contribution < 1.29 is 116 Å². The molecule has 0 aromatic carbocycles. The molecule has 0 N–H and O–H groups in total. The summed E-state index contributed by atoms with van der Waals surface area (Å²) in [5, 5.41) is 0. The Balaban J connectivity index is 0.000000196. The minimum atomic E-state index is -4.59. The maximum absolute atomic E-state index is 14.3. The van der Waals surface area contributed by atoms with Crippen LogP contribution >= 0.6 is 0 Å². The monoisotopic (exact) mass is 1320 g/mol. The van der Waals surface area contributed by atoms with Crippen LogP contribution in [0, 0.1) is 80.3 Å². The van der Waals surface area contributed by atoms with Gasteiger partial charge in [-0.15, -0.1) is 0 Å². The molecule has 12 saturated carbocycles. The molecule has 12 aliphatic rings. The summed E-state index contributed by atoms with van der Waals surface area (Å²) in [6.45, 7) is 15.6. The summed E-state index contributed by atoms with van der Waals surface area (Å²) in [4.78, 5) is 95.5. The zero-order chi connectivity index (χ0) is 68.3. The molecule has 0 unspecified atom stereocenters. The van der Waals surface area contributed by atoms with E-state index in [2.05, 4.69) is 25.5 Å². The van der Waals surface area contributed by atoms with Crippen molar-refractivity contribution in [1.29, 1.82) is 0 Å². The zero-order valence-corrected chi connectivity index (χ0v) is 54.9. The lowest BCUT2D eigenvalue weighted by Crippen LogP contribution is -2.55.